The number of aryl methyl sites for hydroxylation is 2. The lowest BCUT2D eigenvalue weighted by Gasteiger charge is -2.13. The maximum atomic E-state index is 6.37. The van der Waals surface area contributed by atoms with Gasteiger partial charge in [0, 0.05) is 19.5 Å². The Balaban J connectivity index is 2.14. The number of nitrogens with two attached hydrogens (primary N) is 1. The van der Waals surface area contributed by atoms with Crippen LogP contribution in [0.1, 0.15) is 36.8 Å². The number of benzene rings is 1. The number of aromatic nitrogens is 2. The molecule has 114 valence electrons. The largest absolute Gasteiger partial charge is 0.494 e. The molecule has 0 amide bonds. The van der Waals surface area contributed by atoms with Crippen LogP contribution < -0.4 is 10.5 Å². The summed E-state index contributed by atoms with van der Waals surface area (Å²) in [6.07, 6.45) is 1.49. The number of halogens is 1. The van der Waals surface area contributed by atoms with Crippen LogP contribution in [0.15, 0.2) is 24.3 Å². The zero-order chi connectivity index (χ0) is 15.4. The molecule has 2 rings (SSSR count). The number of ether oxygens (including phenoxy) is 1. The van der Waals surface area contributed by atoms with Gasteiger partial charge in [0.25, 0.3) is 0 Å². The van der Waals surface area contributed by atoms with Crippen LogP contribution in [0.25, 0.3) is 0 Å². The van der Waals surface area contributed by atoms with Gasteiger partial charge in [-0.25, -0.2) is 0 Å². The van der Waals surface area contributed by atoms with Crippen molar-refractivity contribution in [3.8, 4) is 5.75 Å². The zero-order valence-electron chi connectivity index (χ0n) is 12.8. The zero-order valence-corrected chi connectivity index (χ0v) is 13.5. The van der Waals surface area contributed by atoms with Crippen LogP contribution in [0.4, 0.5) is 0 Å². The van der Waals surface area contributed by atoms with E-state index in [4.69, 9.17) is 22.1 Å². The van der Waals surface area contributed by atoms with Crippen molar-refractivity contribution in [1.29, 1.82) is 0 Å². The van der Waals surface area contributed by atoms with Crippen LogP contribution in [-0.4, -0.2) is 16.4 Å². The van der Waals surface area contributed by atoms with E-state index in [0.717, 1.165) is 34.1 Å². The minimum absolute atomic E-state index is 0.113. The summed E-state index contributed by atoms with van der Waals surface area (Å²) in [7, 11) is 1.91. The Hall–Kier alpha value is -1.52. The molecule has 1 atom stereocenters. The highest BCUT2D eigenvalue weighted by molar-refractivity contribution is 6.31. The molecule has 0 spiro atoms. The highest BCUT2D eigenvalue weighted by Gasteiger charge is 2.17. The first-order valence-corrected chi connectivity index (χ1v) is 7.63. The van der Waals surface area contributed by atoms with Crippen molar-refractivity contribution in [2.75, 3.05) is 6.61 Å². The molecule has 4 nitrogen and oxygen atoms in total. The molecule has 1 aromatic heterocycles. The molecule has 0 radical (unpaired) electrons. The third-order valence-electron chi connectivity index (χ3n) is 3.54. The quantitative estimate of drug-likeness (QED) is 0.891. The van der Waals surface area contributed by atoms with Gasteiger partial charge in [-0.1, -0.05) is 30.7 Å². The standard InChI is InChI=1S/C16H22ClN3O/c1-4-14-16(17)15(20(3)19-14)10-13(18)11-6-8-12(9-7-11)21-5-2/h6-9,13H,4-5,10,18H2,1-3H3. The summed E-state index contributed by atoms with van der Waals surface area (Å²) in [6, 6.07) is 7.78. The SMILES string of the molecule is CCOc1ccc(C(N)Cc2c(Cl)c(CC)nn2C)cc1. The second-order valence-corrected chi connectivity index (χ2v) is 5.38. The Labute approximate surface area is 130 Å². The minimum Gasteiger partial charge on any atom is -0.494 e. The molecule has 0 fully saturated rings. The van der Waals surface area contributed by atoms with Crippen LogP contribution in [0.3, 0.4) is 0 Å². The Morgan fingerprint density at radius 2 is 1.95 bits per heavy atom. The second kappa shape index (κ2) is 6.96. The summed E-state index contributed by atoms with van der Waals surface area (Å²) in [5, 5.41) is 5.16. The van der Waals surface area contributed by atoms with Gasteiger partial charge in [-0.2, -0.15) is 5.10 Å². The topological polar surface area (TPSA) is 53.1 Å². The average Bonchev–Trinajstić information content (AvgIpc) is 2.75. The van der Waals surface area contributed by atoms with Gasteiger partial charge < -0.3 is 10.5 Å². The van der Waals surface area contributed by atoms with Gasteiger partial charge in [-0.3, -0.25) is 4.68 Å². The van der Waals surface area contributed by atoms with E-state index in [9.17, 15) is 0 Å². The average molecular weight is 308 g/mol. The van der Waals surface area contributed by atoms with E-state index in [2.05, 4.69) is 5.10 Å². The fraction of sp³-hybridized carbons (Fsp3) is 0.438. The molecule has 1 unspecified atom stereocenters. The molecule has 2 N–H and O–H groups in total. The normalized spacial score (nSPS) is 12.4. The minimum atomic E-state index is -0.113. The van der Waals surface area contributed by atoms with Gasteiger partial charge in [-0.15, -0.1) is 0 Å². The fourth-order valence-electron chi connectivity index (χ4n) is 2.35. The lowest BCUT2D eigenvalue weighted by molar-refractivity contribution is 0.340. The number of rotatable bonds is 6. The van der Waals surface area contributed by atoms with Crippen molar-refractivity contribution in [3.05, 3.63) is 46.2 Å². The number of nitrogens with zero attached hydrogens (tertiary/aromatic N) is 2. The smallest absolute Gasteiger partial charge is 0.119 e. The fourth-order valence-corrected chi connectivity index (χ4v) is 2.72. The summed E-state index contributed by atoms with van der Waals surface area (Å²) < 4.78 is 7.27. The molecule has 0 bridgehead atoms. The lowest BCUT2D eigenvalue weighted by Crippen LogP contribution is -2.15. The molecule has 0 aliphatic heterocycles. The van der Waals surface area contributed by atoms with Crippen LogP contribution in [0, 0.1) is 0 Å². The van der Waals surface area contributed by atoms with E-state index in [1.54, 1.807) is 0 Å². The Kier molecular flexibility index (Phi) is 5.26. The molecular formula is C16H22ClN3O. The van der Waals surface area contributed by atoms with Crippen LogP contribution in [0.5, 0.6) is 5.75 Å². The van der Waals surface area contributed by atoms with E-state index in [1.165, 1.54) is 0 Å². The maximum absolute atomic E-state index is 6.37. The van der Waals surface area contributed by atoms with Crippen molar-refractivity contribution >= 4 is 11.6 Å². The molecule has 1 aromatic carbocycles. The van der Waals surface area contributed by atoms with Crippen LogP contribution in [-0.2, 0) is 19.9 Å². The maximum Gasteiger partial charge on any atom is 0.119 e. The van der Waals surface area contributed by atoms with Crippen molar-refractivity contribution in [3.63, 3.8) is 0 Å². The van der Waals surface area contributed by atoms with Gasteiger partial charge in [0.15, 0.2) is 0 Å². The van der Waals surface area contributed by atoms with Gasteiger partial charge in [0.1, 0.15) is 5.75 Å². The van der Waals surface area contributed by atoms with E-state index < -0.39 is 0 Å². The van der Waals surface area contributed by atoms with Crippen LogP contribution in [0.2, 0.25) is 5.02 Å². The van der Waals surface area contributed by atoms with Crippen molar-refractivity contribution in [2.24, 2.45) is 12.8 Å². The monoisotopic (exact) mass is 307 g/mol. The third-order valence-corrected chi connectivity index (χ3v) is 3.97. The summed E-state index contributed by atoms with van der Waals surface area (Å²) in [6.45, 7) is 4.68. The summed E-state index contributed by atoms with van der Waals surface area (Å²) in [5.74, 6) is 0.861. The highest BCUT2D eigenvalue weighted by atomic mass is 35.5. The van der Waals surface area contributed by atoms with Crippen molar-refractivity contribution < 1.29 is 4.74 Å². The molecule has 0 saturated carbocycles. The molecule has 0 aliphatic carbocycles. The Morgan fingerprint density at radius 1 is 1.29 bits per heavy atom. The molecule has 5 heteroatoms. The lowest BCUT2D eigenvalue weighted by atomic mass is 10.0. The van der Waals surface area contributed by atoms with Crippen molar-refractivity contribution in [1.82, 2.24) is 9.78 Å². The molecule has 0 aliphatic rings. The number of hydrogen-bond acceptors (Lipinski definition) is 3. The molecule has 0 saturated heterocycles. The van der Waals surface area contributed by atoms with Gasteiger partial charge in [0.05, 0.1) is 23.0 Å². The molecular weight excluding hydrogens is 286 g/mol. The van der Waals surface area contributed by atoms with Crippen LogP contribution >= 0.6 is 11.6 Å². The van der Waals surface area contributed by atoms with E-state index in [1.807, 2.05) is 49.8 Å². The summed E-state index contributed by atoms with van der Waals surface area (Å²) >= 11 is 6.37. The second-order valence-electron chi connectivity index (χ2n) is 5.00. The molecule has 21 heavy (non-hydrogen) atoms. The predicted octanol–water partition coefficient (Wildman–Crippen LogP) is 3.28. The van der Waals surface area contributed by atoms with Gasteiger partial charge in [-0.05, 0) is 31.0 Å². The first-order chi connectivity index (χ1) is 10.1. The third kappa shape index (κ3) is 3.57. The summed E-state index contributed by atoms with van der Waals surface area (Å²) in [4.78, 5) is 0. The molecule has 2 aromatic rings. The predicted molar refractivity (Wildman–Crippen MR) is 85.8 cm³/mol. The van der Waals surface area contributed by atoms with Gasteiger partial charge >= 0.3 is 0 Å². The molecule has 1 heterocycles. The first kappa shape index (κ1) is 15.9. The Morgan fingerprint density at radius 3 is 2.48 bits per heavy atom. The first-order valence-electron chi connectivity index (χ1n) is 7.25. The van der Waals surface area contributed by atoms with E-state index in [0.29, 0.717) is 13.0 Å². The summed E-state index contributed by atoms with van der Waals surface area (Å²) in [5.41, 5.74) is 9.27. The Bertz CT molecular complexity index is 592. The van der Waals surface area contributed by atoms with Gasteiger partial charge in [0.2, 0.25) is 0 Å². The van der Waals surface area contributed by atoms with E-state index in [-0.39, 0.29) is 6.04 Å². The van der Waals surface area contributed by atoms with E-state index >= 15 is 0 Å². The van der Waals surface area contributed by atoms with Crippen molar-refractivity contribution in [2.45, 2.75) is 32.7 Å². The highest BCUT2D eigenvalue weighted by Crippen LogP contribution is 2.26. The number of hydrogen-bond donors (Lipinski definition) is 1.